The lowest BCUT2D eigenvalue weighted by Gasteiger charge is -2.02. The Morgan fingerprint density at radius 2 is 1.91 bits per heavy atom. The van der Waals surface area contributed by atoms with Crippen LogP contribution in [-0.4, -0.2) is 20.5 Å². The molecule has 0 aliphatic rings. The van der Waals surface area contributed by atoms with Gasteiger partial charge in [-0.3, -0.25) is 9.20 Å². The Balaban J connectivity index is 2.16. The molecule has 3 rings (SSSR count). The third-order valence-electron chi connectivity index (χ3n) is 3.60. The van der Waals surface area contributed by atoms with Crippen molar-refractivity contribution in [2.75, 3.05) is 0 Å². The Labute approximate surface area is 136 Å². The number of carboxylic acids is 1. The monoisotopic (exact) mass is 326 g/mol. The van der Waals surface area contributed by atoms with Crippen LogP contribution < -0.4 is 5.56 Å². The second-order valence-electron chi connectivity index (χ2n) is 5.11. The Hall–Kier alpha value is -2.73. The fourth-order valence-corrected chi connectivity index (χ4v) is 3.30. The molecule has 0 aliphatic carbocycles. The molecule has 0 spiro atoms. The van der Waals surface area contributed by atoms with E-state index in [4.69, 9.17) is 0 Å². The highest BCUT2D eigenvalue weighted by molar-refractivity contribution is 7.18. The van der Waals surface area contributed by atoms with E-state index in [9.17, 15) is 14.7 Å². The molecule has 0 saturated heterocycles. The van der Waals surface area contributed by atoms with E-state index in [1.807, 2.05) is 36.4 Å². The van der Waals surface area contributed by atoms with Crippen LogP contribution in [0, 0.1) is 13.8 Å². The number of aromatic carboxylic acids is 1. The minimum Gasteiger partial charge on any atom is -0.477 e. The van der Waals surface area contributed by atoms with Crippen LogP contribution in [0.25, 0.3) is 17.1 Å². The number of thiazole rings is 1. The molecule has 1 aromatic carbocycles. The molecule has 116 valence electrons. The van der Waals surface area contributed by atoms with E-state index in [-0.39, 0.29) is 10.4 Å². The number of hydrogen-bond donors (Lipinski definition) is 1. The highest BCUT2D eigenvalue weighted by Gasteiger charge is 2.18. The first-order valence-corrected chi connectivity index (χ1v) is 7.80. The molecule has 5 nitrogen and oxygen atoms in total. The average molecular weight is 326 g/mol. The van der Waals surface area contributed by atoms with E-state index in [2.05, 4.69) is 4.98 Å². The lowest BCUT2D eigenvalue weighted by atomic mass is 10.1. The van der Waals surface area contributed by atoms with Gasteiger partial charge >= 0.3 is 5.97 Å². The molecule has 0 amide bonds. The molecule has 1 N–H and O–H groups in total. The summed E-state index contributed by atoms with van der Waals surface area (Å²) in [5, 5.41) is 9.20. The Morgan fingerprint density at radius 3 is 2.57 bits per heavy atom. The Bertz CT molecular complexity index is 984. The first-order chi connectivity index (χ1) is 11.0. The molecule has 3 aromatic rings. The summed E-state index contributed by atoms with van der Waals surface area (Å²) in [4.78, 5) is 28.7. The van der Waals surface area contributed by atoms with Crippen molar-refractivity contribution < 1.29 is 9.90 Å². The van der Waals surface area contributed by atoms with Crippen LogP contribution in [0.3, 0.4) is 0 Å². The standard InChI is InChI=1S/C17H14N2O3S/c1-10-13(9-8-12-6-4-3-5-7-12)18-17-19(15(10)20)11(2)14(23-17)16(21)22/h3-9H,1-2H3,(H,21,22)/b9-8+. The van der Waals surface area contributed by atoms with E-state index < -0.39 is 5.97 Å². The number of benzene rings is 1. The molecular formula is C17H14N2O3S. The van der Waals surface area contributed by atoms with Crippen molar-refractivity contribution in [1.29, 1.82) is 0 Å². The first-order valence-electron chi connectivity index (χ1n) is 6.98. The topological polar surface area (TPSA) is 71.7 Å². The van der Waals surface area contributed by atoms with Gasteiger partial charge in [-0.25, -0.2) is 9.78 Å². The van der Waals surface area contributed by atoms with Crippen LogP contribution in [-0.2, 0) is 0 Å². The highest BCUT2D eigenvalue weighted by Crippen LogP contribution is 2.21. The van der Waals surface area contributed by atoms with E-state index in [0.717, 1.165) is 16.9 Å². The highest BCUT2D eigenvalue weighted by atomic mass is 32.1. The van der Waals surface area contributed by atoms with Crippen molar-refractivity contribution in [3.63, 3.8) is 0 Å². The molecule has 2 aromatic heterocycles. The van der Waals surface area contributed by atoms with Gasteiger partial charge in [0.15, 0.2) is 4.96 Å². The summed E-state index contributed by atoms with van der Waals surface area (Å²) in [6.07, 6.45) is 3.66. The zero-order chi connectivity index (χ0) is 16.6. The van der Waals surface area contributed by atoms with Gasteiger partial charge in [0.2, 0.25) is 0 Å². The summed E-state index contributed by atoms with van der Waals surface area (Å²) in [5.41, 5.74) is 2.23. The van der Waals surface area contributed by atoms with E-state index in [1.165, 1.54) is 4.40 Å². The number of rotatable bonds is 3. The van der Waals surface area contributed by atoms with Gasteiger partial charge in [0, 0.05) is 5.56 Å². The third kappa shape index (κ3) is 2.68. The van der Waals surface area contributed by atoms with E-state index >= 15 is 0 Å². The molecule has 0 fully saturated rings. The lowest BCUT2D eigenvalue weighted by molar-refractivity contribution is 0.0701. The van der Waals surface area contributed by atoms with Gasteiger partial charge in [0.05, 0.1) is 11.4 Å². The molecular weight excluding hydrogens is 312 g/mol. The number of carbonyl (C=O) groups is 1. The van der Waals surface area contributed by atoms with Gasteiger partial charge in [-0.05, 0) is 25.5 Å². The van der Waals surface area contributed by atoms with Crippen LogP contribution in [0.4, 0.5) is 0 Å². The number of aryl methyl sites for hydroxylation is 1. The second-order valence-corrected chi connectivity index (χ2v) is 6.09. The van der Waals surface area contributed by atoms with Crippen LogP contribution in [0.15, 0.2) is 35.1 Å². The van der Waals surface area contributed by atoms with Gasteiger partial charge in [-0.15, -0.1) is 0 Å². The molecule has 0 atom stereocenters. The number of nitrogens with zero attached hydrogens (tertiary/aromatic N) is 2. The van der Waals surface area contributed by atoms with Crippen molar-refractivity contribution >= 4 is 34.4 Å². The first kappa shape index (κ1) is 15.2. The van der Waals surface area contributed by atoms with Crippen molar-refractivity contribution in [3.8, 4) is 0 Å². The van der Waals surface area contributed by atoms with Crippen molar-refractivity contribution in [2.24, 2.45) is 0 Å². The smallest absolute Gasteiger partial charge is 0.347 e. The van der Waals surface area contributed by atoms with Crippen molar-refractivity contribution in [3.05, 3.63) is 68.1 Å². The normalized spacial score (nSPS) is 11.4. The van der Waals surface area contributed by atoms with Crippen molar-refractivity contribution in [2.45, 2.75) is 13.8 Å². The average Bonchev–Trinajstić information content (AvgIpc) is 2.87. The fraction of sp³-hybridized carbons (Fsp3) is 0.118. The van der Waals surface area contributed by atoms with Crippen LogP contribution in [0.5, 0.6) is 0 Å². The van der Waals surface area contributed by atoms with E-state index in [0.29, 0.717) is 21.9 Å². The summed E-state index contributed by atoms with van der Waals surface area (Å²) in [6.45, 7) is 3.32. The minimum atomic E-state index is -1.04. The molecule has 0 radical (unpaired) electrons. The number of fused-ring (bicyclic) bond motifs is 1. The zero-order valence-corrected chi connectivity index (χ0v) is 13.4. The maximum atomic E-state index is 12.5. The van der Waals surface area contributed by atoms with Gasteiger partial charge in [0.1, 0.15) is 4.88 Å². The SMILES string of the molecule is Cc1c(/C=C/c2ccccc2)nc2sc(C(=O)O)c(C)n2c1=O. The predicted molar refractivity (Wildman–Crippen MR) is 91.1 cm³/mol. The lowest BCUT2D eigenvalue weighted by Crippen LogP contribution is -2.19. The Morgan fingerprint density at radius 1 is 1.22 bits per heavy atom. The molecule has 2 heterocycles. The summed E-state index contributed by atoms with van der Waals surface area (Å²) in [7, 11) is 0. The molecule has 0 unspecified atom stereocenters. The minimum absolute atomic E-state index is 0.137. The fourth-order valence-electron chi connectivity index (χ4n) is 2.33. The van der Waals surface area contributed by atoms with Gasteiger partial charge in [0.25, 0.3) is 5.56 Å². The van der Waals surface area contributed by atoms with Crippen LogP contribution in [0.1, 0.15) is 32.2 Å². The van der Waals surface area contributed by atoms with E-state index in [1.54, 1.807) is 19.9 Å². The quantitative estimate of drug-likeness (QED) is 0.802. The summed E-state index contributed by atoms with van der Waals surface area (Å²) in [6, 6.07) is 9.70. The molecule has 23 heavy (non-hydrogen) atoms. The van der Waals surface area contributed by atoms with Gasteiger partial charge < -0.3 is 5.11 Å². The zero-order valence-electron chi connectivity index (χ0n) is 12.6. The van der Waals surface area contributed by atoms with Crippen LogP contribution in [0.2, 0.25) is 0 Å². The summed E-state index contributed by atoms with van der Waals surface area (Å²) >= 11 is 1.01. The molecule has 0 bridgehead atoms. The number of carboxylic acid groups (broad SMARTS) is 1. The third-order valence-corrected chi connectivity index (χ3v) is 4.73. The largest absolute Gasteiger partial charge is 0.477 e. The van der Waals surface area contributed by atoms with Gasteiger partial charge in [-0.2, -0.15) is 0 Å². The summed E-state index contributed by atoms with van der Waals surface area (Å²) < 4.78 is 1.36. The summed E-state index contributed by atoms with van der Waals surface area (Å²) in [5.74, 6) is -1.04. The molecule has 0 saturated carbocycles. The predicted octanol–water partition coefficient (Wildman–Crippen LogP) is 3.24. The number of aromatic nitrogens is 2. The number of hydrogen-bond acceptors (Lipinski definition) is 4. The van der Waals surface area contributed by atoms with Crippen LogP contribution >= 0.6 is 11.3 Å². The maximum absolute atomic E-state index is 12.5. The van der Waals surface area contributed by atoms with Crippen molar-refractivity contribution in [1.82, 2.24) is 9.38 Å². The maximum Gasteiger partial charge on any atom is 0.347 e. The second kappa shape index (κ2) is 5.81. The molecule has 0 aliphatic heterocycles. The molecule has 6 heteroatoms. The van der Waals surface area contributed by atoms with Gasteiger partial charge in [-0.1, -0.05) is 47.7 Å². The Kier molecular flexibility index (Phi) is 3.83.